The molecule has 17 heavy (non-hydrogen) atoms. The second kappa shape index (κ2) is 6.36. The molecule has 0 aliphatic heterocycles. The first-order valence-corrected chi connectivity index (χ1v) is 6.30. The predicted molar refractivity (Wildman–Crippen MR) is 67.8 cm³/mol. The van der Waals surface area contributed by atoms with Crippen molar-refractivity contribution in [3.05, 3.63) is 22.4 Å². The van der Waals surface area contributed by atoms with Crippen LogP contribution < -0.4 is 16.4 Å². The van der Waals surface area contributed by atoms with E-state index < -0.39 is 18.0 Å². The molecular formula is C11H17N3O2S. The number of amides is 3. The lowest BCUT2D eigenvalue weighted by Gasteiger charge is -2.18. The molecule has 0 bridgehead atoms. The standard InChI is InChI=1S/C11H17N3O2S/c1-7(5-9-3-4-17-6-9)13-8(2)10(15)14-11(12)16/h3-4,6-8,13H,5H2,1-2H3,(H3,12,14,15,16). The van der Waals surface area contributed by atoms with Gasteiger partial charge in [0.1, 0.15) is 0 Å². The molecule has 1 heterocycles. The van der Waals surface area contributed by atoms with Gasteiger partial charge in [-0.1, -0.05) is 0 Å². The molecule has 1 aromatic heterocycles. The van der Waals surface area contributed by atoms with E-state index in [1.807, 2.05) is 17.6 Å². The van der Waals surface area contributed by atoms with Crippen LogP contribution in [0.3, 0.4) is 0 Å². The maximum Gasteiger partial charge on any atom is 0.318 e. The largest absolute Gasteiger partial charge is 0.351 e. The summed E-state index contributed by atoms with van der Waals surface area (Å²) in [7, 11) is 0. The molecule has 2 unspecified atom stereocenters. The number of hydrogen-bond donors (Lipinski definition) is 3. The normalized spacial score (nSPS) is 14.0. The van der Waals surface area contributed by atoms with Crippen LogP contribution >= 0.6 is 11.3 Å². The Bertz CT molecular complexity index is 378. The van der Waals surface area contributed by atoms with Gasteiger partial charge in [0.15, 0.2) is 0 Å². The molecule has 1 aromatic rings. The Morgan fingerprint density at radius 1 is 1.47 bits per heavy atom. The van der Waals surface area contributed by atoms with Gasteiger partial charge in [-0.05, 0) is 42.7 Å². The Balaban J connectivity index is 2.37. The van der Waals surface area contributed by atoms with Gasteiger partial charge >= 0.3 is 6.03 Å². The van der Waals surface area contributed by atoms with E-state index >= 15 is 0 Å². The number of primary amides is 1. The lowest BCUT2D eigenvalue weighted by Crippen LogP contribution is -2.49. The highest BCUT2D eigenvalue weighted by Gasteiger charge is 2.16. The zero-order chi connectivity index (χ0) is 12.8. The fraction of sp³-hybridized carbons (Fsp3) is 0.455. The van der Waals surface area contributed by atoms with Crippen LogP contribution in [-0.2, 0) is 11.2 Å². The van der Waals surface area contributed by atoms with Crippen LogP contribution in [0.1, 0.15) is 19.4 Å². The Labute approximate surface area is 104 Å². The monoisotopic (exact) mass is 255 g/mol. The van der Waals surface area contributed by atoms with Gasteiger partial charge in [0.25, 0.3) is 0 Å². The third kappa shape index (κ3) is 4.97. The summed E-state index contributed by atoms with van der Waals surface area (Å²) in [5.41, 5.74) is 6.11. The second-order valence-corrected chi connectivity index (χ2v) is 4.76. The maximum absolute atomic E-state index is 11.4. The van der Waals surface area contributed by atoms with E-state index in [2.05, 4.69) is 16.8 Å². The van der Waals surface area contributed by atoms with Gasteiger partial charge in [-0.2, -0.15) is 11.3 Å². The molecule has 4 N–H and O–H groups in total. The number of nitrogens with one attached hydrogen (secondary N) is 2. The minimum atomic E-state index is -0.825. The van der Waals surface area contributed by atoms with Gasteiger partial charge in [0, 0.05) is 6.04 Å². The molecule has 3 amide bonds. The van der Waals surface area contributed by atoms with Crippen molar-refractivity contribution in [3.8, 4) is 0 Å². The summed E-state index contributed by atoms with van der Waals surface area (Å²) in [5.74, 6) is -0.408. The number of nitrogens with two attached hydrogens (primary N) is 1. The van der Waals surface area contributed by atoms with Gasteiger partial charge in [-0.3, -0.25) is 10.1 Å². The van der Waals surface area contributed by atoms with Crippen molar-refractivity contribution in [2.75, 3.05) is 0 Å². The molecule has 2 atom stereocenters. The van der Waals surface area contributed by atoms with Crippen LogP contribution in [0, 0.1) is 0 Å². The van der Waals surface area contributed by atoms with Crippen LogP contribution in [0.15, 0.2) is 16.8 Å². The number of hydrogen-bond acceptors (Lipinski definition) is 4. The molecule has 0 saturated heterocycles. The summed E-state index contributed by atoms with van der Waals surface area (Å²) in [4.78, 5) is 21.9. The molecule has 0 aromatic carbocycles. The molecule has 0 radical (unpaired) electrons. The first-order valence-electron chi connectivity index (χ1n) is 5.36. The minimum Gasteiger partial charge on any atom is -0.351 e. The van der Waals surface area contributed by atoms with Crippen molar-refractivity contribution in [2.24, 2.45) is 5.73 Å². The van der Waals surface area contributed by atoms with Crippen molar-refractivity contribution in [1.82, 2.24) is 10.6 Å². The summed E-state index contributed by atoms with van der Waals surface area (Å²) in [5, 5.41) is 9.25. The Kier molecular flexibility index (Phi) is 5.11. The van der Waals surface area contributed by atoms with Crippen molar-refractivity contribution < 1.29 is 9.59 Å². The average molecular weight is 255 g/mol. The van der Waals surface area contributed by atoms with E-state index in [1.54, 1.807) is 18.3 Å². The lowest BCUT2D eigenvalue weighted by atomic mass is 10.1. The number of carbonyl (C=O) groups excluding carboxylic acids is 2. The maximum atomic E-state index is 11.4. The quantitative estimate of drug-likeness (QED) is 0.729. The molecule has 0 saturated carbocycles. The van der Waals surface area contributed by atoms with Gasteiger partial charge in [0.2, 0.25) is 5.91 Å². The summed E-state index contributed by atoms with van der Waals surface area (Å²) < 4.78 is 0. The lowest BCUT2D eigenvalue weighted by molar-refractivity contribution is -0.121. The molecule has 6 heteroatoms. The van der Waals surface area contributed by atoms with E-state index in [4.69, 9.17) is 5.73 Å². The Morgan fingerprint density at radius 3 is 2.71 bits per heavy atom. The number of thiophene rings is 1. The molecule has 5 nitrogen and oxygen atoms in total. The Hall–Kier alpha value is -1.40. The van der Waals surface area contributed by atoms with Crippen LogP contribution in [0.5, 0.6) is 0 Å². The van der Waals surface area contributed by atoms with E-state index in [1.165, 1.54) is 5.56 Å². The number of rotatable bonds is 5. The van der Waals surface area contributed by atoms with Gasteiger partial charge in [-0.25, -0.2) is 4.79 Å². The fourth-order valence-electron chi connectivity index (χ4n) is 1.55. The van der Waals surface area contributed by atoms with Crippen LogP contribution in [0.2, 0.25) is 0 Å². The summed E-state index contributed by atoms with van der Waals surface area (Å²) in [6, 6.07) is 0.931. The zero-order valence-corrected chi connectivity index (χ0v) is 10.7. The molecule has 0 spiro atoms. The third-order valence-electron chi connectivity index (χ3n) is 2.30. The number of carbonyl (C=O) groups is 2. The molecule has 1 rings (SSSR count). The molecule has 94 valence electrons. The highest BCUT2D eigenvalue weighted by Crippen LogP contribution is 2.08. The summed E-state index contributed by atoms with van der Waals surface area (Å²) >= 11 is 1.65. The molecule has 0 aliphatic rings. The van der Waals surface area contributed by atoms with E-state index in [9.17, 15) is 9.59 Å². The topological polar surface area (TPSA) is 84.2 Å². The average Bonchev–Trinajstić information content (AvgIpc) is 2.68. The predicted octanol–water partition coefficient (Wildman–Crippen LogP) is 0.852. The van der Waals surface area contributed by atoms with E-state index in [-0.39, 0.29) is 6.04 Å². The first-order chi connectivity index (χ1) is 7.99. The first kappa shape index (κ1) is 13.7. The van der Waals surface area contributed by atoms with Crippen molar-refractivity contribution in [2.45, 2.75) is 32.4 Å². The fourth-order valence-corrected chi connectivity index (χ4v) is 2.23. The number of imide groups is 1. The van der Waals surface area contributed by atoms with E-state index in [0.29, 0.717) is 0 Å². The smallest absolute Gasteiger partial charge is 0.318 e. The van der Waals surface area contributed by atoms with Gasteiger partial charge in [0.05, 0.1) is 6.04 Å². The highest BCUT2D eigenvalue weighted by atomic mass is 32.1. The minimum absolute atomic E-state index is 0.151. The third-order valence-corrected chi connectivity index (χ3v) is 3.03. The van der Waals surface area contributed by atoms with Crippen molar-refractivity contribution in [3.63, 3.8) is 0 Å². The highest BCUT2D eigenvalue weighted by molar-refractivity contribution is 7.07. The zero-order valence-electron chi connectivity index (χ0n) is 9.90. The van der Waals surface area contributed by atoms with Gasteiger partial charge in [-0.15, -0.1) is 0 Å². The molecule has 0 fully saturated rings. The SMILES string of the molecule is CC(Cc1ccsc1)NC(C)C(=O)NC(N)=O. The van der Waals surface area contributed by atoms with Crippen LogP contribution in [-0.4, -0.2) is 24.0 Å². The number of urea groups is 1. The van der Waals surface area contributed by atoms with Crippen LogP contribution in [0.25, 0.3) is 0 Å². The van der Waals surface area contributed by atoms with Crippen molar-refractivity contribution >= 4 is 23.3 Å². The Morgan fingerprint density at radius 2 is 2.18 bits per heavy atom. The molecular weight excluding hydrogens is 238 g/mol. The second-order valence-electron chi connectivity index (χ2n) is 3.98. The molecule has 0 aliphatic carbocycles. The van der Waals surface area contributed by atoms with Crippen molar-refractivity contribution in [1.29, 1.82) is 0 Å². The van der Waals surface area contributed by atoms with Crippen LogP contribution in [0.4, 0.5) is 4.79 Å². The van der Waals surface area contributed by atoms with E-state index in [0.717, 1.165) is 6.42 Å². The van der Waals surface area contributed by atoms with Gasteiger partial charge < -0.3 is 11.1 Å². The summed E-state index contributed by atoms with van der Waals surface area (Å²) in [6.07, 6.45) is 0.845. The summed E-state index contributed by atoms with van der Waals surface area (Å²) in [6.45, 7) is 3.69.